The zero-order valence-electron chi connectivity index (χ0n) is 15.1. The van der Waals surface area contributed by atoms with Crippen LogP contribution in [0.25, 0.3) is 11.4 Å². The van der Waals surface area contributed by atoms with Crippen molar-refractivity contribution in [1.29, 1.82) is 0 Å². The molecule has 7 nitrogen and oxygen atoms in total. The molecular weight excluding hydrogens is 402 g/mol. The Morgan fingerprint density at radius 1 is 1.14 bits per heavy atom. The van der Waals surface area contributed by atoms with Gasteiger partial charge in [-0.05, 0) is 61.4 Å². The highest BCUT2D eigenvalue weighted by Gasteiger charge is 2.39. The summed E-state index contributed by atoms with van der Waals surface area (Å²) < 4.78 is 38.2. The van der Waals surface area contributed by atoms with Gasteiger partial charge in [-0.3, -0.25) is 0 Å². The van der Waals surface area contributed by atoms with Gasteiger partial charge in [0.2, 0.25) is 21.7 Å². The maximum atomic E-state index is 13.1. The second-order valence-corrected chi connectivity index (χ2v) is 8.74. The monoisotopic (exact) mass is 419 g/mol. The second-order valence-electron chi connectivity index (χ2n) is 6.41. The van der Waals surface area contributed by atoms with Crippen LogP contribution in [0.2, 0.25) is 5.02 Å². The van der Waals surface area contributed by atoms with E-state index in [9.17, 15) is 8.42 Å². The van der Waals surface area contributed by atoms with E-state index in [1.807, 2.05) is 0 Å². The fourth-order valence-corrected chi connectivity index (χ4v) is 5.02. The summed E-state index contributed by atoms with van der Waals surface area (Å²) in [6.07, 6.45) is 1.34. The predicted octanol–water partition coefficient (Wildman–Crippen LogP) is 3.92. The summed E-state index contributed by atoms with van der Waals surface area (Å²) in [5.74, 6) is 1.29. The molecule has 0 aliphatic carbocycles. The van der Waals surface area contributed by atoms with E-state index in [2.05, 4.69) is 10.1 Å². The van der Waals surface area contributed by atoms with Crippen molar-refractivity contribution in [2.45, 2.75) is 23.8 Å². The number of methoxy groups -OCH3 is 1. The number of benzene rings is 2. The first-order valence-electron chi connectivity index (χ1n) is 8.74. The summed E-state index contributed by atoms with van der Waals surface area (Å²) in [5.41, 5.74) is 0.752. The molecule has 0 radical (unpaired) electrons. The van der Waals surface area contributed by atoms with Gasteiger partial charge in [-0.1, -0.05) is 16.8 Å². The summed E-state index contributed by atoms with van der Waals surface area (Å²) in [5, 5.41) is 4.62. The normalized spacial score (nSPS) is 17.7. The quantitative estimate of drug-likeness (QED) is 0.623. The highest BCUT2D eigenvalue weighted by molar-refractivity contribution is 7.89. The maximum Gasteiger partial charge on any atom is 0.245 e. The molecule has 1 fully saturated rings. The van der Waals surface area contributed by atoms with Crippen molar-refractivity contribution >= 4 is 21.6 Å². The van der Waals surface area contributed by atoms with E-state index in [-0.39, 0.29) is 4.90 Å². The number of ether oxygens (including phenoxy) is 1. The van der Waals surface area contributed by atoms with Crippen molar-refractivity contribution in [2.24, 2.45) is 0 Å². The summed E-state index contributed by atoms with van der Waals surface area (Å²) in [6, 6.07) is 12.9. The average Bonchev–Trinajstić information content (AvgIpc) is 3.38. The van der Waals surface area contributed by atoms with Gasteiger partial charge in [0.25, 0.3) is 0 Å². The van der Waals surface area contributed by atoms with Crippen molar-refractivity contribution in [1.82, 2.24) is 14.4 Å². The summed E-state index contributed by atoms with van der Waals surface area (Å²) >= 11 is 5.91. The molecule has 0 bridgehead atoms. The molecule has 0 saturated carbocycles. The maximum absolute atomic E-state index is 13.1. The van der Waals surface area contributed by atoms with Gasteiger partial charge in [-0.25, -0.2) is 8.42 Å². The van der Waals surface area contributed by atoms with Crippen LogP contribution in [0.1, 0.15) is 24.8 Å². The Morgan fingerprint density at radius 2 is 1.86 bits per heavy atom. The fraction of sp³-hybridized carbons (Fsp3) is 0.263. The van der Waals surface area contributed by atoms with E-state index in [4.69, 9.17) is 20.9 Å². The lowest BCUT2D eigenvalue weighted by Gasteiger charge is -2.21. The van der Waals surface area contributed by atoms with Gasteiger partial charge in [0.1, 0.15) is 11.8 Å². The Bertz CT molecular complexity index is 1070. The first-order valence-corrected chi connectivity index (χ1v) is 10.6. The van der Waals surface area contributed by atoms with Crippen LogP contribution in [-0.2, 0) is 10.0 Å². The van der Waals surface area contributed by atoms with Crippen LogP contribution in [0.15, 0.2) is 57.9 Å². The van der Waals surface area contributed by atoms with Gasteiger partial charge in [0, 0.05) is 17.1 Å². The summed E-state index contributed by atoms with van der Waals surface area (Å²) in [4.78, 5) is 4.64. The van der Waals surface area contributed by atoms with E-state index in [0.717, 1.165) is 12.0 Å². The topological polar surface area (TPSA) is 85.5 Å². The van der Waals surface area contributed by atoms with Crippen molar-refractivity contribution < 1.29 is 17.7 Å². The molecule has 1 aliphatic rings. The Morgan fingerprint density at radius 3 is 2.54 bits per heavy atom. The minimum atomic E-state index is -3.69. The van der Waals surface area contributed by atoms with E-state index >= 15 is 0 Å². The number of hydrogen-bond donors (Lipinski definition) is 0. The van der Waals surface area contributed by atoms with E-state index in [1.54, 1.807) is 36.4 Å². The Hall–Kier alpha value is -2.42. The van der Waals surface area contributed by atoms with Gasteiger partial charge in [0.05, 0.1) is 12.0 Å². The van der Waals surface area contributed by atoms with E-state index < -0.39 is 16.1 Å². The van der Waals surface area contributed by atoms with Crippen molar-refractivity contribution in [3.8, 4) is 17.1 Å². The molecule has 0 amide bonds. The lowest BCUT2D eigenvalue weighted by molar-refractivity contribution is 0.290. The molecule has 2 heterocycles. The zero-order chi connectivity index (χ0) is 19.7. The third-order valence-electron chi connectivity index (χ3n) is 4.70. The molecule has 3 aromatic rings. The van der Waals surface area contributed by atoms with Crippen LogP contribution in [0.5, 0.6) is 5.75 Å². The van der Waals surface area contributed by atoms with Gasteiger partial charge in [-0.15, -0.1) is 0 Å². The third kappa shape index (κ3) is 3.50. The number of rotatable bonds is 5. The third-order valence-corrected chi connectivity index (χ3v) is 6.87. The Balaban J connectivity index is 1.62. The highest BCUT2D eigenvalue weighted by atomic mass is 35.5. The van der Waals surface area contributed by atoms with Crippen LogP contribution < -0.4 is 4.74 Å². The number of sulfonamides is 1. The number of nitrogens with zero attached hydrogens (tertiary/aromatic N) is 3. The summed E-state index contributed by atoms with van der Waals surface area (Å²) in [7, 11) is -2.15. The Kier molecular flexibility index (Phi) is 5.09. The molecule has 1 aliphatic heterocycles. The lowest BCUT2D eigenvalue weighted by Crippen LogP contribution is -2.30. The first kappa shape index (κ1) is 18.9. The van der Waals surface area contributed by atoms with Gasteiger partial charge >= 0.3 is 0 Å². The molecule has 1 unspecified atom stereocenters. The molecule has 2 aromatic carbocycles. The average molecular weight is 420 g/mol. The van der Waals surface area contributed by atoms with Crippen LogP contribution in [0, 0.1) is 0 Å². The second kappa shape index (κ2) is 7.54. The summed E-state index contributed by atoms with van der Waals surface area (Å²) in [6.45, 7) is 0.400. The molecule has 1 saturated heterocycles. The van der Waals surface area contributed by atoms with Gasteiger partial charge in [0.15, 0.2) is 0 Å². The SMILES string of the molecule is COc1ccc(S(=O)(=O)N2CCCC2c2nc(-c3ccc(Cl)cc3)no2)cc1. The fourth-order valence-electron chi connectivity index (χ4n) is 3.24. The molecule has 0 N–H and O–H groups in total. The number of halogens is 1. The molecule has 1 aromatic heterocycles. The molecule has 146 valence electrons. The highest BCUT2D eigenvalue weighted by Crippen LogP contribution is 2.36. The smallest absolute Gasteiger partial charge is 0.245 e. The Labute approximate surface area is 167 Å². The van der Waals surface area contributed by atoms with Crippen LogP contribution in [0.4, 0.5) is 0 Å². The van der Waals surface area contributed by atoms with Gasteiger partial charge < -0.3 is 9.26 Å². The minimum absolute atomic E-state index is 0.206. The van der Waals surface area contributed by atoms with Crippen LogP contribution >= 0.6 is 11.6 Å². The van der Waals surface area contributed by atoms with E-state index in [0.29, 0.717) is 35.5 Å². The molecule has 28 heavy (non-hydrogen) atoms. The van der Waals surface area contributed by atoms with E-state index in [1.165, 1.54) is 23.5 Å². The van der Waals surface area contributed by atoms with Crippen LogP contribution in [-0.4, -0.2) is 36.5 Å². The largest absolute Gasteiger partial charge is 0.497 e. The van der Waals surface area contributed by atoms with Crippen molar-refractivity contribution in [3.63, 3.8) is 0 Å². The molecule has 1 atom stereocenters. The van der Waals surface area contributed by atoms with Crippen molar-refractivity contribution in [2.75, 3.05) is 13.7 Å². The van der Waals surface area contributed by atoms with Crippen molar-refractivity contribution in [3.05, 3.63) is 59.4 Å². The predicted molar refractivity (Wildman–Crippen MR) is 104 cm³/mol. The lowest BCUT2D eigenvalue weighted by atomic mass is 10.2. The molecular formula is C19H18ClN3O4S. The number of aromatic nitrogens is 2. The molecule has 0 spiro atoms. The first-order chi connectivity index (χ1) is 13.5. The standard InChI is InChI=1S/C19H18ClN3O4S/c1-26-15-8-10-16(11-9-15)28(24,25)23-12-2-3-17(23)19-21-18(22-27-19)13-4-6-14(20)7-5-13/h4-11,17H,2-3,12H2,1H3. The van der Waals surface area contributed by atoms with Gasteiger partial charge in [-0.2, -0.15) is 9.29 Å². The van der Waals surface area contributed by atoms with Crippen LogP contribution in [0.3, 0.4) is 0 Å². The molecule has 4 rings (SSSR count). The molecule has 9 heteroatoms. The minimum Gasteiger partial charge on any atom is -0.497 e. The number of hydrogen-bond acceptors (Lipinski definition) is 6. The zero-order valence-corrected chi connectivity index (χ0v) is 16.7.